The van der Waals surface area contributed by atoms with Crippen LogP contribution in [0.15, 0.2) is 48.5 Å². The van der Waals surface area contributed by atoms with E-state index >= 15 is 0 Å². The minimum absolute atomic E-state index is 0.0246. The number of carbonyl (C=O) groups excluding carboxylic acids is 2. The number of hydrogen-bond acceptors (Lipinski definition) is 4. The second-order valence-corrected chi connectivity index (χ2v) is 11.3. The van der Waals surface area contributed by atoms with Gasteiger partial charge in [-0.15, -0.1) is 0 Å². The first-order valence-corrected chi connectivity index (χ1v) is 15.5. The van der Waals surface area contributed by atoms with Gasteiger partial charge in [-0.2, -0.15) is 13.2 Å². The van der Waals surface area contributed by atoms with Crippen LogP contribution in [0.25, 0.3) is 0 Å². The number of amides is 2. The first kappa shape index (κ1) is 32.6. The van der Waals surface area contributed by atoms with Crippen LogP contribution in [-0.4, -0.2) is 67.2 Å². The highest BCUT2D eigenvalue weighted by Gasteiger charge is 2.36. The molecular weight excluding hydrogens is 656 g/mol. The molecule has 220 valence electrons. The summed E-state index contributed by atoms with van der Waals surface area (Å²) < 4.78 is 39.7. The molecule has 2 amide bonds. The van der Waals surface area contributed by atoms with Crippen LogP contribution in [0.4, 0.5) is 13.2 Å². The molecule has 6 nitrogen and oxygen atoms in total. The van der Waals surface area contributed by atoms with Gasteiger partial charge in [0.25, 0.3) is 5.91 Å². The molecule has 0 aliphatic carbocycles. The second kappa shape index (κ2) is 15.4. The van der Waals surface area contributed by atoms with Crippen molar-refractivity contribution < 1.29 is 22.8 Å². The van der Waals surface area contributed by atoms with E-state index in [2.05, 4.69) is 45.5 Å². The Labute approximate surface area is 252 Å². The fourth-order valence-electron chi connectivity index (χ4n) is 4.79. The highest BCUT2D eigenvalue weighted by molar-refractivity contribution is 14.1. The molecule has 0 saturated carbocycles. The van der Waals surface area contributed by atoms with Gasteiger partial charge in [-0.3, -0.25) is 9.59 Å². The Bertz CT molecular complexity index is 1120. The van der Waals surface area contributed by atoms with E-state index in [-0.39, 0.29) is 43.3 Å². The number of alkyl halides is 4. The minimum atomic E-state index is -4.36. The maximum atomic E-state index is 13.6. The zero-order valence-electron chi connectivity index (χ0n) is 22.7. The number of nitrogens with one attached hydrogen (secondary N) is 3. The average molecular weight is 693 g/mol. The van der Waals surface area contributed by atoms with Crippen LogP contribution in [0.3, 0.4) is 0 Å². The van der Waals surface area contributed by atoms with Gasteiger partial charge in [-0.25, -0.2) is 0 Å². The number of hydrogen-bond donors (Lipinski definition) is 3. The normalized spacial score (nSPS) is 19.7. The Morgan fingerprint density at radius 1 is 1.23 bits per heavy atom. The summed E-state index contributed by atoms with van der Waals surface area (Å²) in [5.74, 6) is -0.235. The lowest BCUT2D eigenvalue weighted by atomic mass is 9.95. The molecule has 3 N–H and O–H groups in total. The van der Waals surface area contributed by atoms with E-state index in [0.717, 1.165) is 24.5 Å². The average Bonchev–Trinajstić information content (AvgIpc) is 3.08. The quantitative estimate of drug-likeness (QED) is 0.198. The summed E-state index contributed by atoms with van der Waals surface area (Å²) >= 11 is 8.37. The third kappa shape index (κ3) is 9.32. The van der Waals surface area contributed by atoms with Crippen molar-refractivity contribution in [2.45, 2.75) is 67.8 Å². The standard InChI is InChI=1S/C29H37ClF3IN4O2/c1-3-20(21-7-5-4-6-8-21)18-38-14-12-24(17-36-27(39)22-9-10-25(30)23(15-22)16-34)37-26(28(38)40)11-13-35-19(2)29(31,32)33/h4-10,15,19-20,24,26,35,37H,3,11-14,16-18H2,1-2H3,(H,36,39)/t19?,20-,24+,26+/m1/s1. The highest BCUT2D eigenvalue weighted by atomic mass is 127. The van der Waals surface area contributed by atoms with Gasteiger partial charge in [0.05, 0.1) is 6.04 Å². The van der Waals surface area contributed by atoms with E-state index in [4.69, 9.17) is 11.6 Å². The number of nitrogens with zero attached hydrogens (tertiary/aromatic N) is 1. The number of halogens is 5. The van der Waals surface area contributed by atoms with E-state index in [1.165, 1.54) is 0 Å². The predicted molar refractivity (Wildman–Crippen MR) is 161 cm³/mol. The van der Waals surface area contributed by atoms with Crippen molar-refractivity contribution in [2.75, 3.05) is 26.2 Å². The molecular formula is C29H37ClF3IN4O2. The second-order valence-electron chi connectivity index (χ2n) is 10.2. The fourth-order valence-corrected chi connectivity index (χ4v) is 5.83. The van der Waals surface area contributed by atoms with Crippen molar-refractivity contribution in [3.63, 3.8) is 0 Å². The summed E-state index contributed by atoms with van der Waals surface area (Å²) in [6, 6.07) is 12.6. The number of benzene rings is 2. The minimum Gasteiger partial charge on any atom is -0.350 e. The van der Waals surface area contributed by atoms with E-state index in [1.54, 1.807) is 18.2 Å². The van der Waals surface area contributed by atoms with Crippen molar-refractivity contribution in [3.05, 3.63) is 70.2 Å². The van der Waals surface area contributed by atoms with Gasteiger partial charge in [0.2, 0.25) is 5.91 Å². The molecule has 1 aliphatic rings. The lowest BCUT2D eigenvalue weighted by Crippen LogP contribution is -2.51. The van der Waals surface area contributed by atoms with Crippen molar-refractivity contribution in [2.24, 2.45) is 0 Å². The Morgan fingerprint density at radius 2 is 1.95 bits per heavy atom. The van der Waals surface area contributed by atoms with Gasteiger partial charge >= 0.3 is 6.18 Å². The summed E-state index contributed by atoms with van der Waals surface area (Å²) in [6.07, 6.45) is -2.72. The van der Waals surface area contributed by atoms with Crippen LogP contribution >= 0.6 is 34.2 Å². The van der Waals surface area contributed by atoms with Crippen LogP contribution in [-0.2, 0) is 9.22 Å². The third-order valence-corrected chi connectivity index (χ3v) is 8.52. The lowest BCUT2D eigenvalue weighted by Gasteiger charge is -2.29. The third-order valence-electron chi connectivity index (χ3n) is 7.33. The summed E-state index contributed by atoms with van der Waals surface area (Å²) in [5, 5.41) is 9.37. The Kier molecular flexibility index (Phi) is 12.5. The van der Waals surface area contributed by atoms with E-state index in [0.29, 0.717) is 34.5 Å². The molecule has 11 heteroatoms. The Hall–Kier alpha value is -1.89. The molecule has 0 spiro atoms. The summed E-state index contributed by atoms with van der Waals surface area (Å²) in [5.41, 5.74) is 2.51. The Morgan fingerprint density at radius 3 is 2.60 bits per heavy atom. The summed E-state index contributed by atoms with van der Waals surface area (Å²) in [6.45, 7) is 4.46. The first-order valence-electron chi connectivity index (χ1n) is 13.6. The van der Waals surface area contributed by atoms with Gasteiger partial charge in [0.1, 0.15) is 6.04 Å². The highest BCUT2D eigenvalue weighted by Crippen LogP contribution is 2.24. The number of carbonyl (C=O) groups is 2. The predicted octanol–water partition coefficient (Wildman–Crippen LogP) is 5.69. The molecule has 2 aromatic rings. The van der Waals surface area contributed by atoms with Crippen molar-refractivity contribution in [1.29, 1.82) is 0 Å². The van der Waals surface area contributed by atoms with Crippen molar-refractivity contribution in [3.8, 4) is 0 Å². The molecule has 3 rings (SSSR count). The van der Waals surface area contributed by atoms with Crippen molar-refractivity contribution >= 4 is 46.0 Å². The maximum absolute atomic E-state index is 13.6. The number of rotatable bonds is 12. The van der Waals surface area contributed by atoms with Crippen LogP contribution in [0.2, 0.25) is 5.02 Å². The molecule has 1 aliphatic heterocycles. The molecule has 0 bridgehead atoms. The monoisotopic (exact) mass is 692 g/mol. The summed E-state index contributed by atoms with van der Waals surface area (Å²) in [4.78, 5) is 28.3. The molecule has 40 heavy (non-hydrogen) atoms. The van der Waals surface area contributed by atoms with Crippen LogP contribution < -0.4 is 16.0 Å². The smallest absolute Gasteiger partial charge is 0.350 e. The molecule has 1 fully saturated rings. The molecule has 0 radical (unpaired) electrons. The topological polar surface area (TPSA) is 73.5 Å². The van der Waals surface area contributed by atoms with E-state index in [1.807, 2.05) is 35.2 Å². The summed E-state index contributed by atoms with van der Waals surface area (Å²) in [7, 11) is 0. The van der Waals surface area contributed by atoms with Crippen molar-refractivity contribution in [1.82, 2.24) is 20.9 Å². The molecule has 0 aromatic heterocycles. The lowest BCUT2D eigenvalue weighted by molar-refractivity contribution is -0.151. The molecule has 1 saturated heterocycles. The maximum Gasteiger partial charge on any atom is 0.403 e. The van der Waals surface area contributed by atoms with Gasteiger partial charge in [-0.1, -0.05) is 71.4 Å². The molecule has 2 aromatic carbocycles. The van der Waals surface area contributed by atoms with E-state index < -0.39 is 18.3 Å². The Balaban J connectivity index is 1.70. The van der Waals surface area contributed by atoms with Crippen LogP contribution in [0.5, 0.6) is 0 Å². The fraction of sp³-hybridized carbons (Fsp3) is 0.517. The van der Waals surface area contributed by atoms with E-state index in [9.17, 15) is 22.8 Å². The molecule has 1 heterocycles. The largest absolute Gasteiger partial charge is 0.403 e. The zero-order chi connectivity index (χ0) is 29.3. The van der Waals surface area contributed by atoms with Gasteiger partial charge in [0.15, 0.2) is 0 Å². The van der Waals surface area contributed by atoms with Crippen LogP contribution in [0, 0.1) is 0 Å². The van der Waals surface area contributed by atoms with Crippen LogP contribution in [0.1, 0.15) is 60.5 Å². The SMILES string of the molecule is CC[C@H](CN1CC[C@@H](CNC(=O)c2ccc(Cl)c(CI)c2)N[C@@H](CCNC(C)C(F)(F)F)C1=O)c1ccccc1. The molecule has 4 atom stereocenters. The zero-order valence-corrected chi connectivity index (χ0v) is 25.7. The van der Waals surface area contributed by atoms with Gasteiger partial charge in [0, 0.05) is 46.6 Å². The first-order chi connectivity index (χ1) is 19.0. The van der Waals surface area contributed by atoms with Gasteiger partial charge in [-0.05, 0) is 62.1 Å². The van der Waals surface area contributed by atoms with Gasteiger partial charge < -0.3 is 20.9 Å². The molecule has 1 unspecified atom stereocenters.